The first kappa shape index (κ1) is 13.9. The third kappa shape index (κ3) is 2.60. The zero-order chi connectivity index (χ0) is 15.0. The fraction of sp³-hybridized carbons (Fsp3) is 0.0667. The second-order valence-electron chi connectivity index (χ2n) is 4.44. The van der Waals surface area contributed by atoms with Crippen LogP contribution in [0.1, 0.15) is 0 Å². The Morgan fingerprint density at radius 1 is 1.05 bits per heavy atom. The molecule has 106 valence electrons. The largest absolute Gasteiger partial charge is 0.422 e. The van der Waals surface area contributed by atoms with Crippen molar-refractivity contribution in [3.63, 3.8) is 0 Å². The normalized spacial score (nSPS) is 11.2. The summed E-state index contributed by atoms with van der Waals surface area (Å²) in [5.74, 6) is -0.514. The second kappa shape index (κ2) is 5.39. The maximum atomic E-state index is 11.9. The van der Waals surface area contributed by atoms with Gasteiger partial charge < -0.3 is 9.73 Å². The van der Waals surface area contributed by atoms with E-state index in [9.17, 15) is 9.59 Å². The van der Waals surface area contributed by atoms with Crippen molar-refractivity contribution in [3.8, 4) is 0 Å². The first-order chi connectivity index (χ1) is 10.1. The van der Waals surface area contributed by atoms with Crippen LogP contribution in [-0.2, 0) is 4.79 Å². The molecule has 0 bridgehead atoms. The van der Waals surface area contributed by atoms with E-state index in [0.29, 0.717) is 16.7 Å². The molecule has 2 aromatic carbocycles. The number of benzene rings is 2. The van der Waals surface area contributed by atoms with Gasteiger partial charge in [-0.2, -0.15) is 0 Å². The van der Waals surface area contributed by atoms with Crippen LogP contribution < -0.4 is 10.9 Å². The number of halogens is 2. The van der Waals surface area contributed by atoms with Crippen LogP contribution in [0.25, 0.3) is 21.7 Å². The Kier molecular flexibility index (Phi) is 3.57. The fourth-order valence-corrected chi connectivity index (χ4v) is 2.26. The van der Waals surface area contributed by atoms with Gasteiger partial charge in [0.2, 0.25) is 0 Å². The summed E-state index contributed by atoms with van der Waals surface area (Å²) in [4.78, 5) is 22.2. The molecule has 0 aliphatic heterocycles. The third-order valence-electron chi connectivity index (χ3n) is 3.09. The average molecular weight is 322 g/mol. The van der Waals surface area contributed by atoms with E-state index in [4.69, 9.17) is 27.6 Å². The predicted molar refractivity (Wildman–Crippen MR) is 84.1 cm³/mol. The Morgan fingerprint density at radius 3 is 2.48 bits per heavy atom. The average Bonchev–Trinajstić information content (AvgIpc) is 2.48. The minimum atomic E-state index is -1.15. The smallest absolute Gasteiger partial charge is 0.344 e. The molecule has 0 aliphatic carbocycles. The Hall–Kier alpha value is -2.04. The molecule has 0 aliphatic rings. The van der Waals surface area contributed by atoms with Gasteiger partial charge in [0.1, 0.15) is 5.58 Å². The summed E-state index contributed by atoms with van der Waals surface area (Å²) >= 11 is 11.0. The molecular formula is C15H9Cl2NO3. The Labute approximate surface area is 129 Å². The van der Waals surface area contributed by atoms with Gasteiger partial charge in [0, 0.05) is 11.1 Å². The summed E-state index contributed by atoms with van der Waals surface area (Å²) in [5, 5.41) is 4.56. The number of carbonyl (C=O) groups excluding carboxylic acids is 1. The summed E-state index contributed by atoms with van der Waals surface area (Å²) < 4.78 is 5.26. The number of hydrogen-bond acceptors (Lipinski definition) is 3. The van der Waals surface area contributed by atoms with Crippen LogP contribution in [0.3, 0.4) is 0 Å². The predicted octanol–water partition coefficient (Wildman–Crippen LogP) is 3.69. The lowest BCUT2D eigenvalue weighted by Crippen LogP contribution is -2.18. The Morgan fingerprint density at radius 2 is 1.76 bits per heavy atom. The molecule has 3 aromatic rings. The van der Waals surface area contributed by atoms with E-state index in [-0.39, 0.29) is 0 Å². The number of hydrogen-bond donors (Lipinski definition) is 1. The minimum absolute atomic E-state index is 0.392. The summed E-state index contributed by atoms with van der Waals surface area (Å²) in [6.45, 7) is 0. The lowest BCUT2D eigenvalue weighted by molar-refractivity contribution is -0.114. The van der Waals surface area contributed by atoms with Crippen molar-refractivity contribution >= 4 is 56.5 Å². The molecule has 1 aromatic heterocycles. The molecule has 1 heterocycles. The van der Waals surface area contributed by atoms with Gasteiger partial charge in [-0.05, 0) is 29.7 Å². The molecule has 0 unspecified atom stereocenters. The molecule has 0 saturated heterocycles. The molecule has 1 amide bonds. The van der Waals surface area contributed by atoms with Gasteiger partial charge in [-0.25, -0.2) is 4.79 Å². The van der Waals surface area contributed by atoms with Crippen LogP contribution in [0.15, 0.2) is 51.7 Å². The molecular weight excluding hydrogens is 313 g/mol. The SMILES string of the molecule is O=C(Nc1ccc2oc(=O)c3ccccc3c2c1)C(Cl)Cl. The van der Waals surface area contributed by atoms with Gasteiger partial charge in [-0.15, -0.1) is 0 Å². The van der Waals surface area contributed by atoms with Gasteiger partial charge in [0.25, 0.3) is 5.91 Å². The molecule has 0 fully saturated rings. The summed E-state index contributed by atoms with van der Waals surface area (Å²) in [6, 6.07) is 12.1. The van der Waals surface area contributed by atoms with Crippen LogP contribution in [0.2, 0.25) is 0 Å². The summed E-state index contributed by atoms with van der Waals surface area (Å²) in [6.07, 6.45) is 0. The van der Waals surface area contributed by atoms with Crippen LogP contribution in [0.5, 0.6) is 0 Å². The van der Waals surface area contributed by atoms with Gasteiger partial charge >= 0.3 is 5.63 Å². The van der Waals surface area contributed by atoms with E-state index in [0.717, 1.165) is 10.8 Å². The standard InChI is InChI=1S/C15H9Cl2NO3/c16-13(17)14(19)18-8-5-6-12-11(7-8)9-3-1-2-4-10(9)15(20)21-12/h1-7,13H,(H,18,19). The molecule has 21 heavy (non-hydrogen) atoms. The highest BCUT2D eigenvalue weighted by Gasteiger charge is 2.13. The van der Waals surface area contributed by atoms with Crippen LogP contribution >= 0.6 is 23.2 Å². The lowest BCUT2D eigenvalue weighted by atomic mass is 10.1. The van der Waals surface area contributed by atoms with E-state index in [1.54, 1.807) is 30.3 Å². The molecule has 1 N–H and O–H groups in total. The quantitative estimate of drug-likeness (QED) is 0.445. The number of rotatable bonds is 2. The molecule has 0 saturated carbocycles. The van der Waals surface area contributed by atoms with Gasteiger partial charge in [0.05, 0.1) is 5.39 Å². The molecule has 6 heteroatoms. The Balaban J connectivity index is 2.21. The van der Waals surface area contributed by atoms with Crippen LogP contribution in [0.4, 0.5) is 5.69 Å². The maximum absolute atomic E-state index is 11.9. The molecule has 0 radical (unpaired) electrons. The zero-order valence-electron chi connectivity index (χ0n) is 10.6. The van der Waals surface area contributed by atoms with Crippen molar-refractivity contribution in [2.75, 3.05) is 5.32 Å². The number of alkyl halides is 2. The molecule has 4 nitrogen and oxygen atoms in total. The maximum Gasteiger partial charge on any atom is 0.344 e. The van der Waals surface area contributed by atoms with Crippen molar-refractivity contribution in [2.45, 2.75) is 4.84 Å². The van der Waals surface area contributed by atoms with E-state index in [1.165, 1.54) is 0 Å². The zero-order valence-corrected chi connectivity index (χ0v) is 12.1. The van der Waals surface area contributed by atoms with Crippen LogP contribution in [-0.4, -0.2) is 10.7 Å². The highest BCUT2D eigenvalue weighted by Crippen LogP contribution is 2.25. The van der Waals surface area contributed by atoms with E-state index >= 15 is 0 Å². The number of fused-ring (bicyclic) bond motifs is 3. The lowest BCUT2D eigenvalue weighted by Gasteiger charge is -2.07. The number of carbonyl (C=O) groups is 1. The summed E-state index contributed by atoms with van der Waals surface area (Å²) in [5.41, 5.74) is 0.583. The second-order valence-corrected chi connectivity index (χ2v) is 5.53. The van der Waals surface area contributed by atoms with Crippen molar-refractivity contribution in [1.82, 2.24) is 0 Å². The van der Waals surface area contributed by atoms with Crippen molar-refractivity contribution in [3.05, 3.63) is 52.9 Å². The van der Waals surface area contributed by atoms with Crippen LogP contribution in [0, 0.1) is 0 Å². The van der Waals surface area contributed by atoms with Crippen molar-refractivity contribution < 1.29 is 9.21 Å². The first-order valence-corrected chi connectivity index (χ1v) is 6.98. The van der Waals surface area contributed by atoms with Gasteiger partial charge in [0.15, 0.2) is 4.84 Å². The van der Waals surface area contributed by atoms with E-state index < -0.39 is 16.4 Å². The first-order valence-electron chi connectivity index (χ1n) is 6.11. The number of anilines is 1. The van der Waals surface area contributed by atoms with E-state index in [1.807, 2.05) is 12.1 Å². The van der Waals surface area contributed by atoms with Gasteiger partial charge in [-0.1, -0.05) is 41.4 Å². The Bertz CT molecular complexity index is 902. The molecule has 0 atom stereocenters. The fourth-order valence-electron chi connectivity index (χ4n) is 2.15. The van der Waals surface area contributed by atoms with Crippen molar-refractivity contribution in [1.29, 1.82) is 0 Å². The van der Waals surface area contributed by atoms with Gasteiger partial charge in [-0.3, -0.25) is 4.79 Å². The third-order valence-corrected chi connectivity index (χ3v) is 3.48. The number of amides is 1. The molecule has 3 rings (SSSR count). The number of nitrogens with one attached hydrogen (secondary N) is 1. The van der Waals surface area contributed by atoms with E-state index in [2.05, 4.69) is 5.32 Å². The minimum Gasteiger partial charge on any atom is -0.422 e. The highest BCUT2D eigenvalue weighted by molar-refractivity contribution is 6.54. The summed E-state index contributed by atoms with van der Waals surface area (Å²) in [7, 11) is 0. The molecule has 0 spiro atoms. The topological polar surface area (TPSA) is 59.3 Å². The monoisotopic (exact) mass is 321 g/mol. The van der Waals surface area contributed by atoms with Crippen molar-refractivity contribution in [2.24, 2.45) is 0 Å². The highest BCUT2D eigenvalue weighted by atomic mass is 35.5.